The van der Waals surface area contributed by atoms with E-state index in [9.17, 15) is 19.2 Å². The van der Waals surface area contributed by atoms with Crippen LogP contribution in [-0.4, -0.2) is 38.4 Å². The first-order chi connectivity index (χ1) is 8.04. The minimum atomic E-state index is -1.17. The van der Waals surface area contributed by atoms with E-state index in [0.29, 0.717) is 0 Å². The highest BCUT2D eigenvalue weighted by atomic mass is 19.2. The van der Waals surface area contributed by atoms with Gasteiger partial charge in [-0.05, 0) is 0 Å². The van der Waals surface area contributed by atoms with Gasteiger partial charge in [-0.25, -0.2) is 4.79 Å². The van der Waals surface area contributed by atoms with Gasteiger partial charge in [0.15, 0.2) is 0 Å². The third-order valence-corrected chi connectivity index (χ3v) is 2.65. The summed E-state index contributed by atoms with van der Waals surface area (Å²) < 4.78 is 19.1. The second kappa shape index (κ2) is 4.40. The lowest BCUT2D eigenvalue weighted by Crippen LogP contribution is -2.37. The van der Waals surface area contributed by atoms with Crippen molar-refractivity contribution in [3.8, 4) is 0 Å². The van der Waals surface area contributed by atoms with Crippen molar-refractivity contribution < 1.29 is 19.4 Å². The molecule has 94 valence electrons. The van der Waals surface area contributed by atoms with Gasteiger partial charge in [0.1, 0.15) is 12.3 Å². The topological polar surface area (TPSA) is 93.7 Å². The van der Waals surface area contributed by atoms with Crippen molar-refractivity contribution in [2.45, 2.75) is 24.9 Å². The van der Waals surface area contributed by atoms with Crippen molar-refractivity contribution in [2.24, 2.45) is 0 Å². The van der Waals surface area contributed by atoms with Crippen molar-refractivity contribution in [3.63, 3.8) is 0 Å². The van der Waals surface area contributed by atoms with Crippen LogP contribution in [0, 0.1) is 0 Å². The second-order valence-electron chi connectivity index (χ2n) is 3.74. The van der Waals surface area contributed by atoms with Crippen molar-refractivity contribution >= 4 is 0 Å². The van der Waals surface area contributed by atoms with Crippen molar-refractivity contribution in [1.29, 1.82) is 0 Å². The Balaban J connectivity index is 2.34. The maximum absolute atomic E-state index is 13.0. The molecule has 1 fully saturated rings. The molecule has 7 nitrogen and oxygen atoms in total. The van der Waals surface area contributed by atoms with Crippen LogP contribution in [0.1, 0.15) is 12.6 Å². The molecule has 0 radical (unpaired) electrons. The summed E-state index contributed by atoms with van der Waals surface area (Å²) in [5.74, 6) is 0. The summed E-state index contributed by atoms with van der Waals surface area (Å²) in [6.45, 7) is -0.401. The average molecular weight is 246 g/mol. The van der Waals surface area contributed by atoms with Gasteiger partial charge in [0.05, 0.1) is 12.7 Å². The predicted molar refractivity (Wildman–Crippen MR) is 53.1 cm³/mol. The number of hydrogen-bond donors (Lipinski definition) is 2. The number of nitrogens with zero attached hydrogens (tertiary/aromatic N) is 2. The van der Waals surface area contributed by atoms with Crippen LogP contribution < -0.4 is 11.2 Å². The normalized spacial score (nSPS) is 28.5. The average Bonchev–Trinajstić information content (AvgIpc) is 2.67. The third-order valence-electron chi connectivity index (χ3n) is 2.65. The zero-order valence-electron chi connectivity index (χ0n) is 8.69. The van der Waals surface area contributed by atoms with Crippen LogP contribution in [0.5, 0.6) is 0 Å². The lowest BCUT2D eigenvalue weighted by atomic mass is 10.2. The summed E-state index contributed by atoms with van der Waals surface area (Å²) >= 11 is 0. The molecule has 0 spiro atoms. The van der Waals surface area contributed by atoms with E-state index in [2.05, 4.69) is 0 Å². The highest BCUT2D eigenvalue weighted by Gasteiger charge is 2.35. The molecule has 2 rings (SSSR count). The SMILES string of the molecule is O=c1ccn([C@H]2C[C@H](O)[C@@H](CO)O2)c(=O)n1F. The monoisotopic (exact) mass is 246 g/mol. The summed E-state index contributed by atoms with van der Waals surface area (Å²) in [6.07, 6.45) is -1.50. The van der Waals surface area contributed by atoms with Gasteiger partial charge in [-0.3, -0.25) is 9.36 Å². The number of aliphatic hydroxyl groups excluding tert-OH is 2. The van der Waals surface area contributed by atoms with E-state index < -0.39 is 41.1 Å². The van der Waals surface area contributed by atoms with Gasteiger partial charge in [-0.2, -0.15) is 0 Å². The summed E-state index contributed by atoms with van der Waals surface area (Å²) in [5.41, 5.74) is -2.24. The fourth-order valence-corrected chi connectivity index (χ4v) is 1.74. The van der Waals surface area contributed by atoms with Crippen LogP contribution in [0.3, 0.4) is 0 Å². The highest BCUT2D eigenvalue weighted by molar-refractivity contribution is 4.89. The van der Waals surface area contributed by atoms with E-state index in [-0.39, 0.29) is 6.42 Å². The Hall–Kier alpha value is -1.51. The van der Waals surface area contributed by atoms with Gasteiger partial charge in [-0.15, -0.1) is 0 Å². The molecule has 2 heterocycles. The Morgan fingerprint density at radius 2 is 2.24 bits per heavy atom. The zero-order valence-corrected chi connectivity index (χ0v) is 8.69. The number of ether oxygens (including phenoxy) is 1. The van der Waals surface area contributed by atoms with Crippen LogP contribution >= 0.6 is 0 Å². The lowest BCUT2D eigenvalue weighted by molar-refractivity contribution is -0.0469. The molecule has 0 amide bonds. The minimum Gasteiger partial charge on any atom is -0.394 e. The fourth-order valence-electron chi connectivity index (χ4n) is 1.74. The smallest absolute Gasteiger partial charge is 0.362 e. The van der Waals surface area contributed by atoms with Gasteiger partial charge in [-0.1, -0.05) is 9.27 Å². The van der Waals surface area contributed by atoms with Crippen LogP contribution in [0.2, 0.25) is 0 Å². The summed E-state index contributed by atoms with van der Waals surface area (Å²) in [7, 11) is 0. The van der Waals surface area contributed by atoms with E-state index in [1.807, 2.05) is 0 Å². The summed E-state index contributed by atoms with van der Waals surface area (Å²) in [4.78, 5) is 21.7. The van der Waals surface area contributed by atoms with Gasteiger partial charge in [0.25, 0.3) is 5.56 Å². The first kappa shape index (κ1) is 12.0. The predicted octanol–water partition coefficient (Wildman–Crippen LogP) is -1.62. The van der Waals surface area contributed by atoms with Gasteiger partial charge < -0.3 is 14.9 Å². The first-order valence-corrected chi connectivity index (χ1v) is 4.99. The largest absolute Gasteiger partial charge is 0.394 e. The summed E-state index contributed by atoms with van der Waals surface area (Å²) in [5, 5.41) is 18.3. The molecule has 0 saturated carbocycles. The van der Waals surface area contributed by atoms with Crippen LogP contribution in [0.4, 0.5) is 4.48 Å². The van der Waals surface area contributed by atoms with Crippen molar-refractivity contribution in [3.05, 3.63) is 33.1 Å². The molecule has 2 N–H and O–H groups in total. The van der Waals surface area contributed by atoms with E-state index >= 15 is 0 Å². The molecule has 1 saturated heterocycles. The Morgan fingerprint density at radius 3 is 2.82 bits per heavy atom. The van der Waals surface area contributed by atoms with Crippen molar-refractivity contribution in [2.75, 3.05) is 6.61 Å². The highest BCUT2D eigenvalue weighted by Crippen LogP contribution is 2.26. The number of halogens is 1. The van der Waals surface area contributed by atoms with Crippen LogP contribution in [0.15, 0.2) is 21.9 Å². The molecule has 1 aliphatic rings. The number of rotatable bonds is 2. The Labute approximate surface area is 94.2 Å². The maximum atomic E-state index is 13.0. The number of aliphatic hydroxyl groups is 2. The molecule has 1 aliphatic heterocycles. The van der Waals surface area contributed by atoms with Gasteiger partial charge in [0, 0.05) is 18.7 Å². The molecular weight excluding hydrogens is 235 g/mol. The molecule has 3 atom stereocenters. The quantitative estimate of drug-likeness (QED) is 0.654. The first-order valence-electron chi connectivity index (χ1n) is 4.99. The molecule has 8 heteroatoms. The second-order valence-corrected chi connectivity index (χ2v) is 3.74. The molecule has 0 aliphatic carbocycles. The van der Waals surface area contributed by atoms with Gasteiger partial charge >= 0.3 is 5.69 Å². The molecule has 17 heavy (non-hydrogen) atoms. The Morgan fingerprint density at radius 1 is 1.53 bits per heavy atom. The third kappa shape index (κ3) is 2.02. The summed E-state index contributed by atoms with van der Waals surface area (Å²) in [6, 6.07) is 0.878. The van der Waals surface area contributed by atoms with E-state index in [4.69, 9.17) is 9.84 Å². The Kier molecular flexibility index (Phi) is 3.09. The molecule has 0 aromatic carbocycles. The van der Waals surface area contributed by atoms with Crippen LogP contribution in [0.25, 0.3) is 0 Å². The van der Waals surface area contributed by atoms with Crippen molar-refractivity contribution in [1.82, 2.24) is 9.36 Å². The number of hydrogen-bond acceptors (Lipinski definition) is 5. The molecular formula is C9H11FN2O5. The number of aromatic nitrogens is 2. The zero-order chi connectivity index (χ0) is 12.6. The van der Waals surface area contributed by atoms with E-state index in [1.54, 1.807) is 0 Å². The molecule has 1 aromatic rings. The molecule has 0 bridgehead atoms. The van der Waals surface area contributed by atoms with Gasteiger partial charge in [0.2, 0.25) is 0 Å². The Bertz CT molecular complexity index is 525. The van der Waals surface area contributed by atoms with E-state index in [1.165, 1.54) is 0 Å². The fraction of sp³-hybridized carbons (Fsp3) is 0.556. The molecule has 0 unspecified atom stereocenters. The van der Waals surface area contributed by atoms with Crippen LogP contribution in [-0.2, 0) is 4.74 Å². The lowest BCUT2D eigenvalue weighted by Gasteiger charge is -2.14. The maximum Gasteiger partial charge on any atom is 0.362 e. The van der Waals surface area contributed by atoms with E-state index in [0.717, 1.165) is 16.8 Å². The molecule has 1 aromatic heterocycles. The standard InChI is InChI=1S/C9H11FN2O5/c10-12-7(15)1-2-11(9(12)16)8-3-5(14)6(4-13)17-8/h1-2,5-6,8,13-14H,3-4H2/t5-,6+,8+/m0/s1. The minimum absolute atomic E-state index is 0.0450.